The summed E-state index contributed by atoms with van der Waals surface area (Å²) >= 11 is 0. The maximum atomic E-state index is 12.8. The van der Waals surface area contributed by atoms with Gasteiger partial charge in [-0.05, 0) is 48.3 Å². The van der Waals surface area contributed by atoms with E-state index in [4.69, 9.17) is 18.9 Å². The normalized spacial score (nSPS) is 51.8. The Morgan fingerprint density at radius 2 is 1.81 bits per heavy atom. The molecule has 2 spiro atoms. The highest BCUT2D eigenvalue weighted by Gasteiger charge is 2.74. The third-order valence-electron chi connectivity index (χ3n) is 10.9. The average Bonchev–Trinajstić information content (AvgIpc) is 3.43. The zero-order chi connectivity index (χ0) is 22.6. The zero-order valence-corrected chi connectivity index (χ0v) is 20.5. The van der Waals surface area contributed by atoms with Crippen LogP contribution >= 0.6 is 0 Å². The standard InChI is InChI=1S/C26H40BO5/c1-21(2,3)25(28)15-23(5)19(8-9-26(23)31-16-27-32-26)18-7-6-17-14-24(29-12-13-30-24)11-10-22(17,4)20(18)25/h6,18-20,28H,7-16H2,1-5H3/t18-,19-,20-,22-,23-,25-,26?/m0/s1. The van der Waals surface area contributed by atoms with Crippen LogP contribution < -0.4 is 0 Å². The topological polar surface area (TPSA) is 57.2 Å². The Labute approximate surface area is 193 Å². The summed E-state index contributed by atoms with van der Waals surface area (Å²) in [5.41, 5.74) is 0.153. The second kappa shape index (κ2) is 6.63. The molecule has 32 heavy (non-hydrogen) atoms. The van der Waals surface area contributed by atoms with Crippen molar-refractivity contribution in [2.45, 2.75) is 96.7 Å². The van der Waals surface area contributed by atoms with Crippen molar-refractivity contribution in [3.05, 3.63) is 11.6 Å². The largest absolute Gasteiger partial charge is 0.412 e. The third kappa shape index (κ3) is 2.60. The summed E-state index contributed by atoms with van der Waals surface area (Å²) in [6.07, 6.45) is 9.04. The van der Waals surface area contributed by atoms with Gasteiger partial charge in [0.25, 0.3) is 0 Å². The van der Waals surface area contributed by atoms with E-state index in [9.17, 15) is 5.11 Å². The second-order valence-electron chi connectivity index (χ2n) is 13.1. The fourth-order valence-corrected chi connectivity index (χ4v) is 9.15. The van der Waals surface area contributed by atoms with Crippen molar-refractivity contribution in [3.8, 4) is 0 Å². The van der Waals surface area contributed by atoms with Gasteiger partial charge in [-0.15, -0.1) is 0 Å². The Hall–Kier alpha value is -0.395. The molecule has 0 aromatic rings. The van der Waals surface area contributed by atoms with Crippen molar-refractivity contribution >= 4 is 7.48 Å². The number of hydrogen-bond donors (Lipinski definition) is 1. The van der Waals surface area contributed by atoms with Gasteiger partial charge in [0.2, 0.25) is 0 Å². The van der Waals surface area contributed by atoms with Gasteiger partial charge in [0.1, 0.15) is 0 Å². The maximum Gasteiger partial charge on any atom is 0.324 e. The first-order chi connectivity index (χ1) is 15.0. The number of hydrogen-bond acceptors (Lipinski definition) is 5. The molecule has 0 amide bonds. The van der Waals surface area contributed by atoms with Crippen molar-refractivity contribution in [1.82, 2.24) is 0 Å². The second-order valence-corrected chi connectivity index (χ2v) is 13.1. The first-order valence-electron chi connectivity index (χ1n) is 12.8. The molecule has 5 fully saturated rings. The smallest absolute Gasteiger partial charge is 0.324 e. The molecule has 5 nitrogen and oxygen atoms in total. The van der Waals surface area contributed by atoms with Crippen molar-refractivity contribution in [1.29, 1.82) is 0 Å². The summed E-state index contributed by atoms with van der Waals surface area (Å²) in [5, 5.41) is 12.8. The highest BCUT2D eigenvalue weighted by Crippen LogP contribution is 2.73. The van der Waals surface area contributed by atoms with Crippen LogP contribution in [0.2, 0.25) is 0 Å². The van der Waals surface area contributed by atoms with Crippen LogP contribution in [0.25, 0.3) is 0 Å². The van der Waals surface area contributed by atoms with Crippen LogP contribution in [-0.2, 0) is 18.9 Å². The summed E-state index contributed by atoms with van der Waals surface area (Å²) < 4.78 is 24.8. The van der Waals surface area contributed by atoms with E-state index in [1.807, 2.05) is 7.48 Å². The lowest BCUT2D eigenvalue weighted by atomic mass is 9.40. The van der Waals surface area contributed by atoms with Crippen molar-refractivity contribution in [3.63, 3.8) is 0 Å². The quantitative estimate of drug-likeness (QED) is 0.444. The monoisotopic (exact) mass is 443 g/mol. The third-order valence-corrected chi connectivity index (χ3v) is 10.9. The predicted molar refractivity (Wildman–Crippen MR) is 122 cm³/mol. The van der Waals surface area contributed by atoms with Crippen LogP contribution in [-0.4, -0.2) is 49.5 Å². The minimum absolute atomic E-state index is 0.0356. The molecule has 2 heterocycles. The predicted octanol–water partition coefficient (Wildman–Crippen LogP) is 4.40. The van der Waals surface area contributed by atoms with E-state index in [0.29, 0.717) is 31.6 Å². The molecule has 0 aromatic heterocycles. The van der Waals surface area contributed by atoms with E-state index in [1.165, 1.54) is 5.57 Å². The van der Waals surface area contributed by atoms with E-state index >= 15 is 0 Å². The number of rotatable bonds is 0. The van der Waals surface area contributed by atoms with E-state index < -0.39 is 17.2 Å². The number of allylic oxidation sites excluding steroid dienone is 1. The van der Waals surface area contributed by atoms with Crippen LogP contribution in [0.15, 0.2) is 11.6 Å². The van der Waals surface area contributed by atoms with Gasteiger partial charge < -0.3 is 24.0 Å². The van der Waals surface area contributed by atoms with Gasteiger partial charge >= 0.3 is 7.48 Å². The number of ether oxygens (including phenoxy) is 3. The molecule has 7 atom stereocenters. The Bertz CT molecular complexity index is 823. The highest BCUT2D eigenvalue weighted by atomic mass is 16.7. The first-order valence-corrected chi connectivity index (χ1v) is 12.8. The Morgan fingerprint density at radius 1 is 1.06 bits per heavy atom. The average molecular weight is 443 g/mol. The fraction of sp³-hybridized carbons (Fsp3) is 0.923. The molecule has 6 aliphatic rings. The summed E-state index contributed by atoms with van der Waals surface area (Å²) in [6.45, 7) is 13.4. The molecule has 0 aromatic carbocycles. The number of aliphatic hydroxyl groups is 1. The van der Waals surface area contributed by atoms with Crippen molar-refractivity contribution in [2.24, 2.45) is 34.0 Å². The van der Waals surface area contributed by atoms with Gasteiger partial charge in [0, 0.05) is 30.6 Å². The fourth-order valence-electron chi connectivity index (χ4n) is 9.15. The van der Waals surface area contributed by atoms with Gasteiger partial charge in [0.15, 0.2) is 11.6 Å². The van der Waals surface area contributed by atoms with E-state index in [2.05, 4.69) is 40.7 Å². The van der Waals surface area contributed by atoms with Gasteiger partial charge in [0.05, 0.1) is 25.3 Å². The molecule has 2 aliphatic heterocycles. The molecule has 177 valence electrons. The van der Waals surface area contributed by atoms with E-state index in [-0.39, 0.29) is 22.2 Å². The van der Waals surface area contributed by atoms with Gasteiger partial charge in [-0.3, -0.25) is 0 Å². The minimum atomic E-state index is -0.814. The lowest BCUT2D eigenvalue weighted by Crippen LogP contribution is -2.69. The Morgan fingerprint density at radius 3 is 2.47 bits per heavy atom. The van der Waals surface area contributed by atoms with Crippen LogP contribution in [0.5, 0.6) is 0 Å². The molecule has 0 bridgehead atoms. The summed E-state index contributed by atoms with van der Waals surface area (Å²) in [4.78, 5) is 0. The molecule has 1 unspecified atom stereocenters. The summed E-state index contributed by atoms with van der Waals surface area (Å²) in [7, 11) is 1.83. The van der Waals surface area contributed by atoms with Gasteiger partial charge in [-0.25, -0.2) is 0 Å². The molecule has 2 saturated heterocycles. The molecule has 1 radical (unpaired) electrons. The first kappa shape index (κ1) is 22.1. The maximum absolute atomic E-state index is 12.8. The highest BCUT2D eigenvalue weighted by molar-refractivity contribution is 6.27. The molecule has 6 rings (SSSR count). The van der Waals surface area contributed by atoms with Crippen LogP contribution in [0.4, 0.5) is 0 Å². The van der Waals surface area contributed by atoms with E-state index in [1.54, 1.807) is 0 Å². The molecule has 4 aliphatic carbocycles. The van der Waals surface area contributed by atoms with Crippen LogP contribution in [0.1, 0.15) is 79.6 Å². The summed E-state index contributed by atoms with van der Waals surface area (Å²) in [6, 6.07) is 0. The molecular weight excluding hydrogens is 403 g/mol. The van der Waals surface area contributed by atoms with Crippen molar-refractivity contribution in [2.75, 3.05) is 19.7 Å². The SMILES string of the molecule is CC(C)(C)[C@]1(O)C[C@@]2(C)[C@@H](CCC23O[B]CO3)[C@@H]2CC=C3CC4(CC[C@]3(C)[C@H]21)OCCO4. The molecular formula is C26H40BO5. The molecule has 6 heteroatoms. The number of fused-ring (bicyclic) bond motifs is 6. The summed E-state index contributed by atoms with van der Waals surface area (Å²) in [5.74, 6) is 0.131. The van der Waals surface area contributed by atoms with Crippen LogP contribution in [0.3, 0.4) is 0 Å². The molecule has 3 saturated carbocycles. The van der Waals surface area contributed by atoms with Gasteiger partial charge in [-0.2, -0.15) is 0 Å². The minimum Gasteiger partial charge on any atom is -0.412 e. The Kier molecular flexibility index (Phi) is 4.58. The Balaban J connectivity index is 1.46. The van der Waals surface area contributed by atoms with Crippen molar-refractivity contribution < 1.29 is 24.0 Å². The van der Waals surface area contributed by atoms with E-state index in [0.717, 1.165) is 44.9 Å². The lowest BCUT2D eigenvalue weighted by Gasteiger charge is -2.67. The van der Waals surface area contributed by atoms with Crippen LogP contribution in [0, 0.1) is 34.0 Å². The lowest BCUT2D eigenvalue weighted by molar-refractivity contribution is -0.288. The van der Waals surface area contributed by atoms with Gasteiger partial charge in [-0.1, -0.05) is 46.3 Å². The molecule has 1 N–H and O–H groups in total. The zero-order valence-electron chi connectivity index (χ0n) is 20.5.